The molecule has 5 N–H and O–H groups in total. The Hall–Kier alpha value is -1.50. The summed E-state index contributed by atoms with van der Waals surface area (Å²) in [6.07, 6.45) is -0.491. The maximum Gasteiger partial charge on any atom is 0.404 e. The first-order chi connectivity index (χ1) is 7.06. The van der Waals surface area contributed by atoms with Crippen molar-refractivity contribution in [2.24, 2.45) is 0 Å². The van der Waals surface area contributed by atoms with Crippen molar-refractivity contribution in [1.82, 2.24) is 10.6 Å². The van der Waals surface area contributed by atoms with Crippen LogP contribution in [-0.4, -0.2) is 46.7 Å². The Bertz CT molecular complexity index is 209. The molecule has 0 fully saturated rings. The van der Waals surface area contributed by atoms with E-state index in [1.165, 1.54) is 0 Å². The standard InChI is InChI=1S/C8H16N2O5/c11-5-6(10-8(14)15)3-1-2-4-9-7(12)13/h6,9-11H,1-5H2,(H,12,13)(H,14,15)/t6-/m0/s1. The predicted octanol–water partition coefficient (Wildman–Crippen LogP) is 0.0528. The molecular formula is C8H16N2O5. The summed E-state index contributed by atoms with van der Waals surface area (Å²) in [7, 11) is 0. The molecule has 0 heterocycles. The van der Waals surface area contributed by atoms with Crippen molar-refractivity contribution in [1.29, 1.82) is 0 Å². The summed E-state index contributed by atoms with van der Waals surface area (Å²) in [5.41, 5.74) is 0. The minimum absolute atomic E-state index is 0.251. The van der Waals surface area contributed by atoms with Crippen LogP contribution in [0, 0.1) is 0 Å². The van der Waals surface area contributed by atoms with Crippen LogP contribution in [0.15, 0.2) is 0 Å². The largest absolute Gasteiger partial charge is 0.465 e. The molecule has 0 aromatic carbocycles. The molecule has 0 spiro atoms. The maximum absolute atomic E-state index is 10.2. The summed E-state index contributed by atoms with van der Waals surface area (Å²) in [5, 5.41) is 29.8. The second-order valence-electron chi connectivity index (χ2n) is 3.06. The SMILES string of the molecule is O=C(O)NCCCC[C@@H](CO)NC(=O)O. The van der Waals surface area contributed by atoms with Crippen molar-refractivity contribution >= 4 is 12.2 Å². The van der Waals surface area contributed by atoms with Gasteiger partial charge in [-0.3, -0.25) is 0 Å². The molecule has 0 bridgehead atoms. The van der Waals surface area contributed by atoms with Crippen molar-refractivity contribution in [2.75, 3.05) is 13.2 Å². The summed E-state index contributed by atoms with van der Waals surface area (Å²) in [6.45, 7) is 0.0826. The van der Waals surface area contributed by atoms with E-state index in [0.29, 0.717) is 25.8 Å². The summed E-state index contributed by atoms with van der Waals surface area (Å²) in [4.78, 5) is 20.3. The molecule has 0 aliphatic heterocycles. The summed E-state index contributed by atoms with van der Waals surface area (Å²) in [6, 6.07) is -0.479. The number of rotatable bonds is 7. The van der Waals surface area contributed by atoms with Gasteiger partial charge in [-0.15, -0.1) is 0 Å². The number of carbonyl (C=O) groups is 2. The third-order valence-corrected chi connectivity index (χ3v) is 1.80. The first-order valence-corrected chi connectivity index (χ1v) is 4.63. The Morgan fingerprint density at radius 3 is 2.27 bits per heavy atom. The summed E-state index contributed by atoms with van der Waals surface area (Å²) < 4.78 is 0. The molecule has 88 valence electrons. The molecule has 0 saturated carbocycles. The number of carboxylic acid groups (broad SMARTS) is 2. The van der Waals surface area contributed by atoms with Gasteiger partial charge in [0.25, 0.3) is 0 Å². The quantitative estimate of drug-likeness (QED) is 0.388. The highest BCUT2D eigenvalue weighted by atomic mass is 16.4. The van der Waals surface area contributed by atoms with E-state index in [4.69, 9.17) is 15.3 Å². The lowest BCUT2D eigenvalue weighted by Crippen LogP contribution is -2.36. The van der Waals surface area contributed by atoms with Gasteiger partial charge in [0.1, 0.15) is 0 Å². The van der Waals surface area contributed by atoms with Crippen molar-refractivity contribution in [3.63, 3.8) is 0 Å². The van der Waals surface area contributed by atoms with Gasteiger partial charge < -0.3 is 26.0 Å². The van der Waals surface area contributed by atoms with E-state index in [2.05, 4.69) is 10.6 Å². The smallest absolute Gasteiger partial charge is 0.404 e. The highest BCUT2D eigenvalue weighted by Crippen LogP contribution is 1.99. The van der Waals surface area contributed by atoms with E-state index in [0.717, 1.165) is 0 Å². The van der Waals surface area contributed by atoms with E-state index in [1.54, 1.807) is 0 Å². The van der Waals surface area contributed by atoms with Crippen LogP contribution in [0.25, 0.3) is 0 Å². The van der Waals surface area contributed by atoms with Crippen molar-refractivity contribution in [3.8, 4) is 0 Å². The van der Waals surface area contributed by atoms with Gasteiger partial charge in [0.2, 0.25) is 0 Å². The van der Waals surface area contributed by atoms with Crippen LogP contribution >= 0.6 is 0 Å². The number of unbranched alkanes of at least 4 members (excludes halogenated alkanes) is 1. The minimum atomic E-state index is -1.17. The van der Waals surface area contributed by atoms with E-state index >= 15 is 0 Å². The highest BCUT2D eigenvalue weighted by Gasteiger charge is 2.09. The first kappa shape index (κ1) is 13.5. The molecule has 0 radical (unpaired) electrons. The van der Waals surface area contributed by atoms with Gasteiger partial charge in [-0.25, -0.2) is 9.59 Å². The van der Waals surface area contributed by atoms with Crippen LogP contribution in [0.1, 0.15) is 19.3 Å². The minimum Gasteiger partial charge on any atom is -0.465 e. The van der Waals surface area contributed by atoms with Crippen LogP contribution in [0.3, 0.4) is 0 Å². The number of aliphatic hydroxyl groups is 1. The first-order valence-electron chi connectivity index (χ1n) is 4.63. The maximum atomic E-state index is 10.2. The van der Waals surface area contributed by atoms with Gasteiger partial charge in [0, 0.05) is 6.54 Å². The fourth-order valence-electron chi connectivity index (χ4n) is 1.09. The summed E-state index contributed by atoms with van der Waals surface area (Å²) >= 11 is 0. The molecule has 1 atom stereocenters. The van der Waals surface area contributed by atoms with E-state index in [1.807, 2.05) is 0 Å². The molecule has 0 aliphatic rings. The lowest BCUT2D eigenvalue weighted by Gasteiger charge is -2.13. The monoisotopic (exact) mass is 220 g/mol. The zero-order chi connectivity index (χ0) is 11.7. The highest BCUT2D eigenvalue weighted by molar-refractivity contribution is 5.64. The second-order valence-corrected chi connectivity index (χ2v) is 3.06. The number of hydrogen-bond donors (Lipinski definition) is 5. The van der Waals surface area contributed by atoms with Crippen molar-refractivity contribution in [3.05, 3.63) is 0 Å². The fraction of sp³-hybridized carbons (Fsp3) is 0.750. The Morgan fingerprint density at radius 2 is 1.80 bits per heavy atom. The van der Waals surface area contributed by atoms with Gasteiger partial charge in [-0.1, -0.05) is 0 Å². The fourth-order valence-corrected chi connectivity index (χ4v) is 1.09. The lowest BCUT2D eigenvalue weighted by atomic mass is 10.1. The topological polar surface area (TPSA) is 119 Å². The second kappa shape index (κ2) is 7.86. The molecule has 0 aliphatic carbocycles. The molecule has 2 amide bonds. The Kier molecular flexibility index (Phi) is 7.08. The normalized spacial score (nSPS) is 11.8. The Labute approximate surface area is 87.1 Å². The van der Waals surface area contributed by atoms with Gasteiger partial charge in [-0.05, 0) is 19.3 Å². The van der Waals surface area contributed by atoms with E-state index < -0.39 is 18.2 Å². The molecule has 0 rings (SSSR count). The van der Waals surface area contributed by atoms with Crippen LogP contribution in [0.2, 0.25) is 0 Å². The number of nitrogens with one attached hydrogen (secondary N) is 2. The van der Waals surface area contributed by atoms with Crippen LogP contribution in [-0.2, 0) is 0 Å². The third kappa shape index (κ3) is 8.82. The average molecular weight is 220 g/mol. The molecule has 0 saturated heterocycles. The molecule has 15 heavy (non-hydrogen) atoms. The molecule has 0 aromatic heterocycles. The van der Waals surface area contributed by atoms with Crippen LogP contribution in [0.4, 0.5) is 9.59 Å². The number of hydrogen-bond acceptors (Lipinski definition) is 3. The Balaban J connectivity index is 3.46. The van der Waals surface area contributed by atoms with Gasteiger partial charge in [0.15, 0.2) is 0 Å². The van der Waals surface area contributed by atoms with E-state index in [9.17, 15) is 9.59 Å². The number of aliphatic hydroxyl groups excluding tert-OH is 1. The third-order valence-electron chi connectivity index (χ3n) is 1.80. The molecule has 0 aromatic rings. The molecule has 7 heteroatoms. The molecule has 7 nitrogen and oxygen atoms in total. The molecule has 0 unspecified atom stereocenters. The Morgan fingerprint density at radius 1 is 1.13 bits per heavy atom. The van der Waals surface area contributed by atoms with Crippen LogP contribution in [0.5, 0.6) is 0 Å². The van der Waals surface area contributed by atoms with Crippen molar-refractivity contribution < 1.29 is 24.9 Å². The van der Waals surface area contributed by atoms with Gasteiger partial charge in [0.05, 0.1) is 12.6 Å². The van der Waals surface area contributed by atoms with E-state index in [-0.39, 0.29) is 6.61 Å². The zero-order valence-corrected chi connectivity index (χ0v) is 8.27. The number of amides is 2. The lowest BCUT2D eigenvalue weighted by molar-refractivity contribution is 0.174. The van der Waals surface area contributed by atoms with Gasteiger partial charge in [-0.2, -0.15) is 0 Å². The van der Waals surface area contributed by atoms with Crippen LogP contribution < -0.4 is 10.6 Å². The zero-order valence-electron chi connectivity index (χ0n) is 8.27. The average Bonchev–Trinajstić information content (AvgIpc) is 2.14. The summed E-state index contributed by atoms with van der Waals surface area (Å²) in [5.74, 6) is 0. The molecular weight excluding hydrogens is 204 g/mol. The van der Waals surface area contributed by atoms with Crippen molar-refractivity contribution in [2.45, 2.75) is 25.3 Å². The van der Waals surface area contributed by atoms with Gasteiger partial charge >= 0.3 is 12.2 Å². The predicted molar refractivity (Wildman–Crippen MR) is 51.9 cm³/mol.